The van der Waals surface area contributed by atoms with Gasteiger partial charge in [0.05, 0.1) is 15.8 Å². The first-order chi connectivity index (χ1) is 6.66. The van der Waals surface area contributed by atoms with Crippen LogP contribution in [0.3, 0.4) is 0 Å². The summed E-state index contributed by atoms with van der Waals surface area (Å²) in [6.07, 6.45) is 2.51. The number of hydrogen-bond donors (Lipinski definition) is 1. The van der Waals surface area contributed by atoms with Gasteiger partial charge in [0, 0.05) is 6.20 Å². The second kappa shape index (κ2) is 4.58. The fourth-order valence-electron chi connectivity index (χ4n) is 0.833. The summed E-state index contributed by atoms with van der Waals surface area (Å²) in [7, 11) is 0. The van der Waals surface area contributed by atoms with Gasteiger partial charge in [-0.3, -0.25) is 15.1 Å². The summed E-state index contributed by atoms with van der Waals surface area (Å²) in [5, 5.41) is 11.0. The van der Waals surface area contributed by atoms with Crippen LogP contribution in [0, 0.1) is 22.0 Å². The molecule has 0 bridgehead atoms. The summed E-state index contributed by atoms with van der Waals surface area (Å²) >= 11 is 3.11. The molecule has 1 aromatic heterocycles. The predicted molar refractivity (Wildman–Crippen MR) is 56.0 cm³/mol. The Morgan fingerprint density at radius 2 is 2.36 bits per heavy atom. The Morgan fingerprint density at radius 1 is 1.64 bits per heavy atom. The number of aromatic nitrogens is 1. The van der Waals surface area contributed by atoms with Gasteiger partial charge in [-0.1, -0.05) is 27.8 Å². The number of anilines is 1. The van der Waals surface area contributed by atoms with Crippen LogP contribution in [0.5, 0.6) is 0 Å². The van der Waals surface area contributed by atoms with Crippen molar-refractivity contribution in [3.63, 3.8) is 0 Å². The first kappa shape index (κ1) is 10.5. The second-order valence-corrected chi connectivity index (χ2v) is 2.87. The van der Waals surface area contributed by atoms with Crippen molar-refractivity contribution in [3.8, 4) is 11.8 Å². The number of alkyl halides is 1. The molecule has 0 aromatic carbocycles. The van der Waals surface area contributed by atoms with Crippen LogP contribution in [0.15, 0.2) is 12.4 Å². The van der Waals surface area contributed by atoms with Crippen LogP contribution >= 0.6 is 15.9 Å². The Balaban J connectivity index is 3.20. The fourth-order valence-corrected chi connectivity index (χ4v) is 0.973. The van der Waals surface area contributed by atoms with Crippen molar-refractivity contribution >= 4 is 27.3 Å². The molecule has 6 heteroatoms. The number of nitrogens with zero attached hydrogens (tertiary/aromatic N) is 2. The van der Waals surface area contributed by atoms with E-state index in [1.807, 2.05) is 0 Å². The molecule has 0 aliphatic heterocycles. The highest BCUT2D eigenvalue weighted by Gasteiger charge is 2.13. The lowest BCUT2D eigenvalue weighted by atomic mass is 10.2. The van der Waals surface area contributed by atoms with Crippen molar-refractivity contribution in [1.82, 2.24) is 4.98 Å². The van der Waals surface area contributed by atoms with Crippen LogP contribution in [-0.4, -0.2) is 15.2 Å². The lowest BCUT2D eigenvalue weighted by Crippen LogP contribution is -1.99. The largest absolute Gasteiger partial charge is 0.392 e. The third-order valence-electron chi connectivity index (χ3n) is 1.45. The van der Waals surface area contributed by atoms with E-state index in [2.05, 4.69) is 32.8 Å². The summed E-state index contributed by atoms with van der Waals surface area (Å²) in [6.45, 7) is 0. The molecule has 1 heterocycles. The van der Waals surface area contributed by atoms with Crippen LogP contribution in [0.4, 0.5) is 11.4 Å². The maximum Gasteiger partial charge on any atom is 0.311 e. The molecule has 1 rings (SSSR count). The van der Waals surface area contributed by atoms with E-state index in [9.17, 15) is 10.1 Å². The number of pyridine rings is 1. The zero-order chi connectivity index (χ0) is 10.6. The van der Waals surface area contributed by atoms with Crippen LogP contribution in [-0.2, 0) is 0 Å². The summed E-state index contributed by atoms with van der Waals surface area (Å²) < 4.78 is 0. The third kappa shape index (κ3) is 2.20. The molecule has 0 spiro atoms. The minimum absolute atomic E-state index is 0.0541. The van der Waals surface area contributed by atoms with E-state index in [1.54, 1.807) is 0 Å². The lowest BCUT2D eigenvalue weighted by Gasteiger charge is -1.97. The highest BCUT2D eigenvalue weighted by Crippen LogP contribution is 2.22. The average Bonchev–Trinajstić information content (AvgIpc) is 2.16. The highest BCUT2D eigenvalue weighted by atomic mass is 79.9. The van der Waals surface area contributed by atoms with Crippen molar-refractivity contribution in [3.05, 3.63) is 28.1 Å². The van der Waals surface area contributed by atoms with Crippen LogP contribution < -0.4 is 5.73 Å². The normalized spacial score (nSPS) is 8.93. The van der Waals surface area contributed by atoms with Crippen molar-refractivity contribution in [2.75, 3.05) is 11.1 Å². The molecule has 0 fully saturated rings. The number of nitrogen functional groups attached to an aromatic ring is 1. The summed E-state index contributed by atoms with van der Waals surface area (Å²) in [4.78, 5) is 13.6. The van der Waals surface area contributed by atoms with Crippen LogP contribution in [0.1, 0.15) is 5.56 Å². The molecule has 0 amide bonds. The Kier molecular flexibility index (Phi) is 3.42. The topological polar surface area (TPSA) is 82.0 Å². The van der Waals surface area contributed by atoms with Crippen molar-refractivity contribution in [2.24, 2.45) is 0 Å². The van der Waals surface area contributed by atoms with Crippen LogP contribution in [0.25, 0.3) is 0 Å². The number of nitrogens with two attached hydrogens (primary N) is 1. The highest BCUT2D eigenvalue weighted by molar-refractivity contribution is 9.09. The number of rotatable bonds is 1. The maximum atomic E-state index is 10.5. The van der Waals surface area contributed by atoms with Crippen LogP contribution in [0.2, 0.25) is 0 Å². The molecule has 0 aliphatic carbocycles. The Bertz CT molecular complexity index is 422. The van der Waals surface area contributed by atoms with Gasteiger partial charge in [0.1, 0.15) is 11.9 Å². The second-order valence-electron chi connectivity index (χ2n) is 2.31. The van der Waals surface area contributed by atoms with E-state index in [0.29, 0.717) is 10.9 Å². The van der Waals surface area contributed by atoms with Gasteiger partial charge in [-0.2, -0.15) is 0 Å². The molecular weight excluding hydrogens is 250 g/mol. The van der Waals surface area contributed by atoms with E-state index in [4.69, 9.17) is 5.73 Å². The lowest BCUT2D eigenvalue weighted by molar-refractivity contribution is -0.384. The van der Waals surface area contributed by atoms with Gasteiger partial charge >= 0.3 is 5.69 Å². The third-order valence-corrected chi connectivity index (χ3v) is 1.73. The Labute approximate surface area is 88.6 Å². The summed E-state index contributed by atoms with van der Waals surface area (Å²) in [5.41, 5.74) is 5.74. The molecule has 14 heavy (non-hydrogen) atoms. The quantitative estimate of drug-likeness (QED) is 0.355. The molecule has 2 N–H and O–H groups in total. The number of halogens is 1. The smallest absolute Gasteiger partial charge is 0.311 e. The molecule has 0 unspecified atom stereocenters. The molecule has 0 saturated heterocycles. The van der Waals surface area contributed by atoms with Gasteiger partial charge in [-0.15, -0.1) is 0 Å². The zero-order valence-electron chi connectivity index (χ0n) is 7.03. The minimum Gasteiger partial charge on any atom is -0.392 e. The Hall–Kier alpha value is -1.61. The van der Waals surface area contributed by atoms with Crippen molar-refractivity contribution in [2.45, 2.75) is 0 Å². The van der Waals surface area contributed by atoms with Crippen molar-refractivity contribution in [1.29, 1.82) is 0 Å². The molecule has 0 atom stereocenters. The van der Waals surface area contributed by atoms with E-state index >= 15 is 0 Å². The van der Waals surface area contributed by atoms with E-state index in [0.717, 1.165) is 6.20 Å². The first-order valence-electron chi connectivity index (χ1n) is 3.59. The molecule has 0 radical (unpaired) electrons. The monoisotopic (exact) mass is 255 g/mol. The molecule has 0 saturated carbocycles. The number of hydrogen-bond acceptors (Lipinski definition) is 4. The van der Waals surface area contributed by atoms with E-state index in [-0.39, 0.29) is 11.4 Å². The standard InChI is InChI=1S/C8H6BrN3O2/c9-3-1-2-6-4-11-5-7(8(6)10)12(13)14/h4-5H,3H2,(H2,10,11). The maximum absolute atomic E-state index is 10.5. The zero-order valence-corrected chi connectivity index (χ0v) is 8.61. The van der Waals surface area contributed by atoms with Crippen molar-refractivity contribution < 1.29 is 4.92 Å². The first-order valence-corrected chi connectivity index (χ1v) is 4.71. The minimum atomic E-state index is -0.582. The molecule has 5 nitrogen and oxygen atoms in total. The fraction of sp³-hybridized carbons (Fsp3) is 0.125. The predicted octanol–water partition coefficient (Wildman–Crippen LogP) is 1.32. The number of nitro groups is 1. The summed E-state index contributed by atoms with van der Waals surface area (Å²) in [5.74, 6) is 5.36. The Morgan fingerprint density at radius 3 is 2.93 bits per heavy atom. The van der Waals surface area contributed by atoms with Gasteiger partial charge in [0.25, 0.3) is 0 Å². The molecular formula is C8H6BrN3O2. The van der Waals surface area contributed by atoms with Gasteiger partial charge in [0.2, 0.25) is 0 Å². The van der Waals surface area contributed by atoms with Gasteiger partial charge in [-0.25, -0.2) is 0 Å². The molecule has 0 aliphatic rings. The molecule has 72 valence electrons. The SMILES string of the molecule is Nc1c(C#CCBr)cncc1[N+](=O)[O-]. The average molecular weight is 256 g/mol. The van der Waals surface area contributed by atoms with E-state index in [1.165, 1.54) is 6.20 Å². The van der Waals surface area contributed by atoms with E-state index < -0.39 is 4.92 Å². The van der Waals surface area contributed by atoms with Gasteiger partial charge < -0.3 is 5.73 Å². The van der Waals surface area contributed by atoms with Gasteiger partial charge in [-0.05, 0) is 0 Å². The summed E-state index contributed by atoms with van der Waals surface area (Å²) in [6, 6.07) is 0. The van der Waals surface area contributed by atoms with Gasteiger partial charge in [0.15, 0.2) is 0 Å². The molecule has 1 aromatic rings.